The van der Waals surface area contributed by atoms with Crippen LogP contribution in [0, 0.1) is 0 Å². The quantitative estimate of drug-likeness (QED) is 0.670. The van der Waals surface area contributed by atoms with Crippen LogP contribution in [0.4, 0.5) is 0 Å². The third kappa shape index (κ3) is 6.05. The fraction of sp³-hybridized carbons (Fsp3) is 0.250. The summed E-state index contributed by atoms with van der Waals surface area (Å²) in [6, 6.07) is 16.3. The number of nitrogens with one attached hydrogen (secondary N) is 2. The highest BCUT2D eigenvalue weighted by molar-refractivity contribution is 5.90. The number of carboxylic acid groups (broad SMARTS) is 1. The van der Waals surface area contributed by atoms with Gasteiger partial charge < -0.3 is 15.7 Å². The minimum Gasteiger partial charge on any atom is -0.480 e. The second kappa shape index (κ2) is 9.36. The maximum absolute atomic E-state index is 12.2. The van der Waals surface area contributed by atoms with Gasteiger partial charge in [0.1, 0.15) is 12.1 Å². The highest BCUT2D eigenvalue weighted by atomic mass is 16.4. The molecule has 136 valence electrons. The Hall–Kier alpha value is -3.15. The fourth-order valence-electron chi connectivity index (χ4n) is 2.49. The van der Waals surface area contributed by atoms with Gasteiger partial charge in [0.05, 0.1) is 6.42 Å². The normalized spacial score (nSPS) is 12.7. The molecule has 0 aliphatic carbocycles. The topological polar surface area (TPSA) is 95.5 Å². The van der Waals surface area contributed by atoms with Crippen molar-refractivity contribution in [1.29, 1.82) is 0 Å². The summed E-state index contributed by atoms with van der Waals surface area (Å²) in [7, 11) is 0. The number of hydrogen-bond donors (Lipinski definition) is 3. The third-order valence-electron chi connectivity index (χ3n) is 3.88. The van der Waals surface area contributed by atoms with Crippen molar-refractivity contribution in [3.05, 3.63) is 71.8 Å². The van der Waals surface area contributed by atoms with Gasteiger partial charge in [-0.2, -0.15) is 0 Å². The second-order valence-electron chi connectivity index (χ2n) is 6.04. The van der Waals surface area contributed by atoms with Crippen LogP contribution in [-0.2, 0) is 27.2 Å². The molecule has 6 nitrogen and oxygen atoms in total. The minimum atomic E-state index is -1.12. The number of carbonyl (C=O) groups is 3. The molecule has 2 rings (SSSR count). The van der Waals surface area contributed by atoms with E-state index in [9.17, 15) is 19.5 Å². The van der Waals surface area contributed by atoms with Crippen LogP contribution in [0.2, 0.25) is 0 Å². The van der Waals surface area contributed by atoms with Gasteiger partial charge in [-0.25, -0.2) is 4.79 Å². The Kier molecular flexibility index (Phi) is 6.91. The molecule has 0 radical (unpaired) electrons. The molecule has 0 aromatic heterocycles. The second-order valence-corrected chi connectivity index (χ2v) is 6.04. The molecule has 0 saturated carbocycles. The molecule has 2 atom stereocenters. The number of carbonyl (C=O) groups excluding carboxylic acids is 2. The Balaban J connectivity index is 1.89. The van der Waals surface area contributed by atoms with Crippen LogP contribution in [0.1, 0.15) is 18.1 Å². The van der Waals surface area contributed by atoms with Gasteiger partial charge >= 0.3 is 5.97 Å². The van der Waals surface area contributed by atoms with Crippen molar-refractivity contribution in [1.82, 2.24) is 10.6 Å². The first kappa shape index (κ1) is 19.2. The van der Waals surface area contributed by atoms with Crippen LogP contribution in [0.15, 0.2) is 60.7 Å². The number of amides is 2. The predicted octanol–water partition coefficient (Wildman–Crippen LogP) is 1.55. The van der Waals surface area contributed by atoms with E-state index in [0.29, 0.717) is 0 Å². The van der Waals surface area contributed by atoms with Crippen molar-refractivity contribution in [2.24, 2.45) is 0 Å². The van der Waals surface area contributed by atoms with Gasteiger partial charge in [-0.1, -0.05) is 60.7 Å². The van der Waals surface area contributed by atoms with Crippen molar-refractivity contribution in [3.8, 4) is 0 Å². The maximum atomic E-state index is 12.2. The lowest BCUT2D eigenvalue weighted by molar-refractivity contribution is -0.142. The lowest BCUT2D eigenvalue weighted by atomic mass is 10.1. The number of carboxylic acids is 1. The van der Waals surface area contributed by atoms with Crippen LogP contribution in [0.25, 0.3) is 0 Å². The average Bonchev–Trinajstić information content (AvgIpc) is 2.62. The molecule has 0 fully saturated rings. The molecular weight excluding hydrogens is 332 g/mol. The van der Waals surface area contributed by atoms with E-state index in [0.717, 1.165) is 11.1 Å². The summed E-state index contributed by atoms with van der Waals surface area (Å²) in [5, 5.41) is 14.4. The Morgan fingerprint density at radius 3 is 1.96 bits per heavy atom. The monoisotopic (exact) mass is 354 g/mol. The lowest BCUT2D eigenvalue weighted by Gasteiger charge is -2.19. The highest BCUT2D eigenvalue weighted by Crippen LogP contribution is 2.04. The van der Waals surface area contributed by atoms with E-state index in [1.807, 2.05) is 48.5 Å². The summed E-state index contributed by atoms with van der Waals surface area (Å²) < 4.78 is 0. The molecule has 3 N–H and O–H groups in total. The molecule has 0 aliphatic rings. The molecule has 0 spiro atoms. The first-order chi connectivity index (χ1) is 12.5. The van der Waals surface area contributed by atoms with Crippen molar-refractivity contribution in [2.75, 3.05) is 0 Å². The van der Waals surface area contributed by atoms with E-state index < -0.39 is 24.0 Å². The zero-order valence-electron chi connectivity index (χ0n) is 14.5. The Labute approximate surface area is 152 Å². The molecule has 0 saturated heterocycles. The van der Waals surface area contributed by atoms with Crippen LogP contribution >= 0.6 is 0 Å². The van der Waals surface area contributed by atoms with E-state index in [1.165, 1.54) is 6.92 Å². The van der Waals surface area contributed by atoms with Crippen molar-refractivity contribution < 1.29 is 19.5 Å². The van der Waals surface area contributed by atoms with E-state index in [4.69, 9.17) is 0 Å². The molecule has 0 unspecified atom stereocenters. The Morgan fingerprint density at radius 1 is 0.885 bits per heavy atom. The van der Waals surface area contributed by atoms with Gasteiger partial charge in [-0.3, -0.25) is 9.59 Å². The molecule has 0 bridgehead atoms. The average molecular weight is 354 g/mol. The van der Waals surface area contributed by atoms with Gasteiger partial charge in [0.25, 0.3) is 0 Å². The zero-order valence-corrected chi connectivity index (χ0v) is 14.5. The molecule has 2 amide bonds. The molecule has 6 heteroatoms. The van der Waals surface area contributed by atoms with Crippen LogP contribution in [0.3, 0.4) is 0 Å². The molecular formula is C20H22N2O4. The first-order valence-corrected chi connectivity index (χ1v) is 8.36. The largest absolute Gasteiger partial charge is 0.480 e. The summed E-state index contributed by atoms with van der Waals surface area (Å²) in [4.78, 5) is 35.7. The van der Waals surface area contributed by atoms with Gasteiger partial charge in [-0.05, 0) is 18.1 Å². The summed E-state index contributed by atoms with van der Waals surface area (Å²) >= 11 is 0. The van der Waals surface area contributed by atoms with Gasteiger partial charge in [0.15, 0.2) is 0 Å². The van der Waals surface area contributed by atoms with Crippen molar-refractivity contribution >= 4 is 17.8 Å². The van der Waals surface area contributed by atoms with Crippen LogP contribution < -0.4 is 10.6 Å². The summed E-state index contributed by atoms with van der Waals surface area (Å²) in [5.74, 6) is -1.95. The number of hydrogen-bond acceptors (Lipinski definition) is 3. The minimum absolute atomic E-state index is 0.158. The van der Waals surface area contributed by atoms with E-state index >= 15 is 0 Å². The van der Waals surface area contributed by atoms with E-state index in [2.05, 4.69) is 10.6 Å². The Bertz CT molecular complexity index is 747. The number of benzene rings is 2. The standard InChI is InChI=1S/C20H22N2O4/c1-14(21-18(23)13-16-10-6-3-7-11-16)19(24)22-17(20(25)26)12-15-8-4-2-5-9-15/h2-11,14,17H,12-13H2,1H3,(H,21,23)(H,22,24)(H,25,26)/t14-,17-/m0/s1. The van der Waals surface area contributed by atoms with Gasteiger partial charge in [-0.15, -0.1) is 0 Å². The highest BCUT2D eigenvalue weighted by Gasteiger charge is 2.24. The summed E-state index contributed by atoms with van der Waals surface area (Å²) in [6.45, 7) is 1.53. The van der Waals surface area contributed by atoms with Crippen molar-refractivity contribution in [3.63, 3.8) is 0 Å². The van der Waals surface area contributed by atoms with Gasteiger partial charge in [0, 0.05) is 6.42 Å². The molecule has 26 heavy (non-hydrogen) atoms. The molecule has 0 aliphatic heterocycles. The number of aliphatic carboxylic acids is 1. The fourth-order valence-corrected chi connectivity index (χ4v) is 2.49. The zero-order chi connectivity index (χ0) is 18.9. The SMILES string of the molecule is C[C@H](NC(=O)Cc1ccccc1)C(=O)N[C@@H](Cc1ccccc1)C(=O)O. The Morgan fingerprint density at radius 2 is 1.42 bits per heavy atom. The maximum Gasteiger partial charge on any atom is 0.326 e. The van der Waals surface area contributed by atoms with Crippen molar-refractivity contribution in [2.45, 2.75) is 31.8 Å². The van der Waals surface area contributed by atoms with Crippen LogP contribution in [0.5, 0.6) is 0 Å². The third-order valence-corrected chi connectivity index (χ3v) is 3.88. The summed E-state index contributed by atoms with van der Waals surface area (Å²) in [5.41, 5.74) is 1.64. The van der Waals surface area contributed by atoms with Crippen LogP contribution in [-0.4, -0.2) is 35.0 Å². The molecule has 2 aromatic carbocycles. The van der Waals surface area contributed by atoms with E-state index in [1.54, 1.807) is 12.1 Å². The first-order valence-electron chi connectivity index (χ1n) is 8.36. The summed E-state index contributed by atoms with van der Waals surface area (Å²) in [6.07, 6.45) is 0.331. The molecule has 0 heterocycles. The number of rotatable bonds is 8. The molecule has 2 aromatic rings. The van der Waals surface area contributed by atoms with Gasteiger partial charge in [0.2, 0.25) is 11.8 Å². The smallest absolute Gasteiger partial charge is 0.326 e. The van der Waals surface area contributed by atoms with E-state index in [-0.39, 0.29) is 18.7 Å². The lowest BCUT2D eigenvalue weighted by Crippen LogP contribution is -2.51. The predicted molar refractivity (Wildman–Crippen MR) is 97.5 cm³/mol.